The van der Waals surface area contributed by atoms with Crippen molar-refractivity contribution in [2.45, 2.75) is 12.5 Å². The van der Waals surface area contributed by atoms with Crippen LogP contribution in [0.2, 0.25) is 0 Å². The van der Waals surface area contributed by atoms with Gasteiger partial charge in [0.15, 0.2) is 0 Å². The number of H-pyrrole nitrogens is 1. The van der Waals surface area contributed by atoms with Crippen molar-refractivity contribution in [2.24, 2.45) is 0 Å². The van der Waals surface area contributed by atoms with Crippen molar-refractivity contribution in [1.82, 2.24) is 9.88 Å². The fraction of sp³-hybridized carbons (Fsp3) is 0.200. The van der Waals surface area contributed by atoms with Crippen LogP contribution in [0.15, 0.2) is 59.4 Å². The van der Waals surface area contributed by atoms with Crippen molar-refractivity contribution >= 4 is 16.8 Å². The molecule has 5 heteroatoms. The second kappa shape index (κ2) is 6.18. The average molecular weight is 334 g/mol. The number of hydrogen-bond acceptors (Lipinski definition) is 3. The van der Waals surface area contributed by atoms with Gasteiger partial charge in [-0.15, -0.1) is 0 Å². The van der Waals surface area contributed by atoms with Gasteiger partial charge in [0.1, 0.15) is 0 Å². The molecule has 126 valence electrons. The summed E-state index contributed by atoms with van der Waals surface area (Å²) in [6.07, 6.45) is 0.111. The molecule has 25 heavy (non-hydrogen) atoms. The van der Waals surface area contributed by atoms with E-state index in [9.17, 15) is 14.7 Å². The van der Waals surface area contributed by atoms with Gasteiger partial charge in [0, 0.05) is 36.2 Å². The van der Waals surface area contributed by atoms with Gasteiger partial charge in [-0.25, -0.2) is 0 Å². The molecule has 0 bridgehead atoms. The molecule has 0 unspecified atom stereocenters. The number of carbonyl (C=O) groups is 1. The summed E-state index contributed by atoms with van der Waals surface area (Å²) in [5, 5.41) is 10.3. The molecule has 2 aromatic carbocycles. The number of nitrogens with zero attached hydrogens (tertiary/aromatic N) is 1. The highest BCUT2D eigenvalue weighted by Crippen LogP contribution is 2.16. The molecule has 2 heterocycles. The third kappa shape index (κ3) is 3.06. The van der Waals surface area contributed by atoms with Gasteiger partial charge in [0.05, 0.1) is 6.10 Å². The fourth-order valence-corrected chi connectivity index (χ4v) is 3.11. The SMILES string of the molecule is O=C(c1ccc(Cc2cc3ccccc3[nH]c2=O)cc1)N1CC(O)C1. The molecular weight excluding hydrogens is 316 g/mol. The van der Waals surface area contributed by atoms with Gasteiger partial charge in [-0.05, 0) is 35.2 Å². The molecule has 1 fully saturated rings. The third-order valence-corrected chi connectivity index (χ3v) is 4.58. The Hall–Kier alpha value is -2.92. The molecule has 0 atom stereocenters. The molecule has 1 aromatic heterocycles. The van der Waals surface area contributed by atoms with E-state index < -0.39 is 6.10 Å². The largest absolute Gasteiger partial charge is 0.389 e. The first-order valence-electron chi connectivity index (χ1n) is 8.27. The monoisotopic (exact) mass is 334 g/mol. The zero-order valence-corrected chi connectivity index (χ0v) is 13.6. The van der Waals surface area contributed by atoms with E-state index in [1.165, 1.54) is 0 Å². The number of hydrogen-bond donors (Lipinski definition) is 2. The number of nitrogens with one attached hydrogen (secondary N) is 1. The maximum absolute atomic E-state index is 12.2. The molecule has 0 spiro atoms. The number of aromatic nitrogens is 1. The number of benzene rings is 2. The van der Waals surface area contributed by atoms with Crippen LogP contribution in [0.5, 0.6) is 0 Å². The second-order valence-electron chi connectivity index (χ2n) is 6.45. The summed E-state index contributed by atoms with van der Waals surface area (Å²) in [6, 6.07) is 16.9. The summed E-state index contributed by atoms with van der Waals surface area (Å²) in [5.41, 5.74) is 3.01. The number of aliphatic hydroxyl groups is 1. The summed E-state index contributed by atoms with van der Waals surface area (Å²) in [7, 11) is 0. The molecule has 2 N–H and O–H groups in total. The molecule has 5 nitrogen and oxygen atoms in total. The number of para-hydroxylation sites is 1. The Morgan fingerprint density at radius 1 is 1.12 bits per heavy atom. The van der Waals surface area contributed by atoms with Gasteiger partial charge in [0.2, 0.25) is 0 Å². The first-order valence-corrected chi connectivity index (χ1v) is 8.27. The highest BCUT2D eigenvalue weighted by atomic mass is 16.3. The lowest BCUT2D eigenvalue weighted by Crippen LogP contribution is -2.53. The van der Waals surface area contributed by atoms with E-state index in [1.807, 2.05) is 42.5 Å². The zero-order valence-electron chi connectivity index (χ0n) is 13.6. The summed E-state index contributed by atoms with van der Waals surface area (Å²) in [4.78, 5) is 29.0. The Morgan fingerprint density at radius 3 is 2.56 bits per heavy atom. The molecule has 3 aromatic rings. The zero-order chi connectivity index (χ0) is 17.4. The van der Waals surface area contributed by atoms with E-state index in [-0.39, 0.29) is 11.5 Å². The molecule has 1 aliphatic rings. The van der Waals surface area contributed by atoms with Crippen LogP contribution in [0.3, 0.4) is 0 Å². The molecule has 1 amide bonds. The highest BCUT2D eigenvalue weighted by Gasteiger charge is 2.29. The van der Waals surface area contributed by atoms with Crippen molar-refractivity contribution in [3.63, 3.8) is 0 Å². The Morgan fingerprint density at radius 2 is 1.84 bits per heavy atom. The Labute approximate surface area is 144 Å². The standard InChI is InChI=1S/C20H18N2O3/c23-17-11-22(12-17)20(25)14-7-5-13(6-8-14)9-16-10-15-3-1-2-4-18(15)21-19(16)24/h1-8,10,17,23H,9,11-12H2,(H,21,24). The summed E-state index contributed by atoms with van der Waals surface area (Å²) >= 11 is 0. The third-order valence-electron chi connectivity index (χ3n) is 4.58. The lowest BCUT2D eigenvalue weighted by Gasteiger charge is -2.35. The average Bonchev–Trinajstić information content (AvgIpc) is 2.60. The van der Waals surface area contributed by atoms with Crippen LogP contribution < -0.4 is 5.56 Å². The van der Waals surface area contributed by atoms with E-state index in [2.05, 4.69) is 4.98 Å². The Kier molecular flexibility index (Phi) is 3.86. The Balaban J connectivity index is 1.54. The van der Waals surface area contributed by atoms with E-state index in [0.29, 0.717) is 30.6 Å². The van der Waals surface area contributed by atoms with Gasteiger partial charge in [-0.1, -0.05) is 30.3 Å². The lowest BCUT2D eigenvalue weighted by atomic mass is 10.0. The summed E-state index contributed by atoms with van der Waals surface area (Å²) < 4.78 is 0. The minimum atomic E-state index is -0.400. The summed E-state index contributed by atoms with van der Waals surface area (Å²) in [6.45, 7) is 0.792. The van der Waals surface area contributed by atoms with E-state index in [4.69, 9.17) is 0 Å². The number of fused-ring (bicyclic) bond motifs is 1. The number of likely N-dealkylation sites (tertiary alicyclic amines) is 1. The number of aliphatic hydroxyl groups excluding tert-OH is 1. The van der Waals surface area contributed by atoms with Crippen LogP contribution in [-0.4, -0.2) is 40.1 Å². The van der Waals surface area contributed by atoms with Gasteiger partial charge in [0.25, 0.3) is 11.5 Å². The van der Waals surface area contributed by atoms with E-state index in [1.54, 1.807) is 17.0 Å². The minimum absolute atomic E-state index is 0.0691. The maximum Gasteiger partial charge on any atom is 0.254 e. The van der Waals surface area contributed by atoms with Crippen LogP contribution in [0.4, 0.5) is 0 Å². The predicted molar refractivity (Wildman–Crippen MR) is 95.7 cm³/mol. The van der Waals surface area contributed by atoms with Crippen LogP contribution in [0, 0.1) is 0 Å². The molecule has 4 rings (SSSR count). The number of rotatable bonds is 3. The molecule has 0 aliphatic carbocycles. The number of amides is 1. The van der Waals surface area contributed by atoms with Crippen molar-refractivity contribution in [3.05, 3.63) is 81.6 Å². The van der Waals surface area contributed by atoms with Crippen molar-refractivity contribution < 1.29 is 9.90 Å². The van der Waals surface area contributed by atoms with Crippen molar-refractivity contribution in [2.75, 3.05) is 13.1 Å². The quantitative estimate of drug-likeness (QED) is 0.769. The number of pyridine rings is 1. The fourth-order valence-electron chi connectivity index (χ4n) is 3.11. The highest BCUT2D eigenvalue weighted by molar-refractivity contribution is 5.94. The normalized spacial score (nSPS) is 14.5. The van der Waals surface area contributed by atoms with Gasteiger partial charge >= 0.3 is 0 Å². The topological polar surface area (TPSA) is 73.4 Å². The molecule has 1 saturated heterocycles. The van der Waals surface area contributed by atoms with Gasteiger partial charge < -0.3 is 15.0 Å². The van der Waals surface area contributed by atoms with Crippen LogP contribution in [0.1, 0.15) is 21.5 Å². The second-order valence-corrected chi connectivity index (χ2v) is 6.45. The lowest BCUT2D eigenvalue weighted by molar-refractivity contribution is 0.00589. The van der Waals surface area contributed by atoms with Crippen molar-refractivity contribution in [3.8, 4) is 0 Å². The van der Waals surface area contributed by atoms with Gasteiger partial charge in [-0.3, -0.25) is 9.59 Å². The molecule has 0 saturated carbocycles. The van der Waals surface area contributed by atoms with E-state index >= 15 is 0 Å². The predicted octanol–water partition coefficient (Wildman–Crippen LogP) is 1.94. The van der Waals surface area contributed by atoms with Gasteiger partial charge in [-0.2, -0.15) is 0 Å². The van der Waals surface area contributed by atoms with Crippen LogP contribution in [0.25, 0.3) is 10.9 Å². The molecule has 0 radical (unpaired) electrons. The maximum atomic E-state index is 12.2. The first kappa shape index (κ1) is 15.6. The molecular formula is C20H18N2O3. The summed E-state index contributed by atoms with van der Waals surface area (Å²) in [5.74, 6) is -0.0691. The first-order chi connectivity index (χ1) is 12.1. The minimum Gasteiger partial charge on any atom is -0.389 e. The van der Waals surface area contributed by atoms with Crippen molar-refractivity contribution in [1.29, 1.82) is 0 Å². The van der Waals surface area contributed by atoms with Crippen LogP contribution in [-0.2, 0) is 6.42 Å². The Bertz CT molecular complexity index is 986. The molecule has 1 aliphatic heterocycles. The smallest absolute Gasteiger partial charge is 0.254 e. The number of aromatic amines is 1. The van der Waals surface area contributed by atoms with E-state index in [0.717, 1.165) is 16.5 Å². The number of β-amino-alcohol motifs (C(OH)–C–C–N with tert-alkyl or cyclic N) is 1. The number of carbonyl (C=O) groups excluding carboxylic acids is 1. The van der Waals surface area contributed by atoms with Crippen LogP contribution >= 0.6 is 0 Å².